The van der Waals surface area contributed by atoms with Crippen LogP contribution in [0.15, 0.2) is 18.2 Å². The second-order valence-corrected chi connectivity index (χ2v) is 4.04. The summed E-state index contributed by atoms with van der Waals surface area (Å²) in [6.07, 6.45) is 0. The molecule has 0 aliphatic rings. The molecule has 0 spiro atoms. The summed E-state index contributed by atoms with van der Waals surface area (Å²) in [7, 11) is 1.64. The molecule has 0 aliphatic carbocycles. The molecule has 1 heterocycles. The predicted octanol–water partition coefficient (Wildman–Crippen LogP) is 3.28. The maximum absolute atomic E-state index is 6.07. The Morgan fingerprint density at radius 1 is 1.40 bits per heavy atom. The van der Waals surface area contributed by atoms with Crippen LogP contribution in [0.5, 0.6) is 5.75 Å². The molecule has 0 atom stereocenters. The lowest BCUT2D eigenvalue weighted by molar-refractivity contribution is 0.415. The molecule has 2 aromatic rings. The van der Waals surface area contributed by atoms with Gasteiger partial charge in [-0.1, -0.05) is 0 Å². The van der Waals surface area contributed by atoms with Gasteiger partial charge in [-0.05, 0) is 37.6 Å². The molecule has 0 amide bonds. The Morgan fingerprint density at radius 2 is 2.13 bits per heavy atom. The Morgan fingerprint density at radius 3 is 2.73 bits per heavy atom. The fraction of sp³-hybridized carbons (Fsp3) is 0.364. The van der Waals surface area contributed by atoms with Crippen LogP contribution in [0.3, 0.4) is 0 Å². The molecule has 1 aromatic carbocycles. The van der Waals surface area contributed by atoms with Gasteiger partial charge in [-0.2, -0.15) is 0 Å². The molecule has 15 heavy (non-hydrogen) atoms. The van der Waals surface area contributed by atoms with Crippen LogP contribution in [0.1, 0.15) is 19.9 Å². The first-order chi connectivity index (χ1) is 7.13. The van der Waals surface area contributed by atoms with Gasteiger partial charge in [-0.3, -0.25) is 0 Å². The minimum absolute atomic E-state index is 0.302. The summed E-state index contributed by atoms with van der Waals surface area (Å²) in [5, 5.41) is 0.522. The summed E-state index contributed by atoms with van der Waals surface area (Å²) in [5.41, 5.74) is 1.91. The second kappa shape index (κ2) is 3.74. The average Bonchev–Trinajstić information content (AvgIpc) is 2.52. The Kier molecular flexibility index (Phi) is 2.57. The van der Waals surface area contributed by atoms with E-state index in [0.29, 0.717) is 11.3 Å². The van der Waals surface area contributed by atoms with Crippen LogP contribution in [0.25, 0.3) is 11.0 Å². The molecule has 1 aromatic heterocycles. The van der Waals surface area contributed by atoms with Gasteiger partial charge in [0.2, 0.25) is 5.28 Å². The first-order valence-electron chi connectivity index (χ1n) is 4.85. The minimum atomic E-state index is 0.302. The van der Waals surface area contributed by atoms with Gasteiger partial charge in [-0.25, -0.2) is 4.98 Å². The van der Waals surface area contributed by atoms with Gasteiger partial charge in [0.25, 0.3) is 0 Å². The van der Waals surface area contributed by atoms with Crippen molar-refractivity contribution in [2.45, 2.75) is 19.9 Å². The number of hydrogen-bond acceptors (Lipinski definition) is 2. The Hall–Kier alpha value is -1.22. The number of fused-ring (bicyclic) bond motifs is 1. The van der Waals surface area contributed by atoms with E-state index in [1.54, 1.807) is 7.11 Å². The fourth-order valence-electron chi connectivity index (χ4n) is 1.67. The monoisotopic (exact) mass is 224 g/mol. The van der Waals surface area contributed by atoms with E-state index in [-0.39, 0.29) is 0 Å². The number of nitrogens with zero attached hydrogens (tertiary/aromatic N) is 2. The van der Waals surface area contributed by atoms with Crippen LogP contribution in [0, 0.1) is 0 Å². The van der Waals surface area contributed by atoms with Crippen molar-refractivity contribution in [3.05, 3.63) is 23.5 Å². The zero-order valence-electron chi connectivity index (χ0n) is 8.99. The molecule has 2 rings (SSSR count). The van der Waals surface area contributed by atoms with Crippen LogP contribution < -0.4 is 4.74 Å². The molecule has 4 heteroatoms. The lowest BCUT2D eigenvalue weighted by Crippen LogP contribution is -1.99. The number of imidazole rings is 1. The largest absolute Gasteiger partial charge is 0.497 e. The van der Waals surface area contributed by atoms with Gasteiger partial charge >= 0.3 is 0 Å². The number of rotatable bonds is 2. The van der Waals surface area contributed by atoms with E-state index in [1.165, 1.54) is 0 Å². The molecule has 0 bridgehead atoms. The summed E-state index contributed by atoms with van der Waals surface area (Å²) in [6, 6.07) is 6.09. The first-order valence-corrected chi connectivity index (χ1v) is 5.22. The lowest BCUT2D eigenvalue weighted by atomic mass is 10.3. The van der Waals surface area contributed by atoms with Crippen molar-refractivity contribution in [3.63, 3.8) is 0 Å². The standard InChI is InChI=1S/C11H13ClN2O/c1-7(2)14-10-5-4-8(15-3)6-9(10)13-11(14)12/h4-7H,1-3H3. The maximum atomic E-state index is 6.07. The molecule has 0 aliphatic heterocycles. The molecule has 0 saturated carbocycles. The van der Waals surface area contributed by atoms with E-state index < -0.39 is 0 Å². The average molecular weight is 225 g/mol. The van der Waals surface area contributed by atoms with Crippen molar-refractivity contribution in [3.8, 4) is 5.75 Å². The normalized spacial score (nSPS) is 11.3. The maximum Gasteiger partial charge on any atom is 0.204 e. The highest BCUT2D eigenvalue weighted by molar-refractivity contribution is 6.29. The predicted molar refractivity (Wildman–Crippen MR) is 61.7 cm³/mol. The third-order valence-electron chi connectivity index (χ3n) is 2.37. The van der Waals surface area contributed by atoms with E-state index in [4.69, 9.17) is 16.3 Å². The summed E-state index contributed by atoms with van der Waals surface area (Å²) < 4.78 is 7.14. The van der Waals surface area contributed by atoms with E-state index in [1.807, 2.05) is 22.8 Å². The van der Waals surface area contributed by atoms with E-state index in [9.17, 15) is 0 Å². The smallest absolute Gasteiger partial charge is 0.204 e. The van der Waals surface area contributed by atoms with Crippen molar-refractivity contribution in [1.29, 1.82) is 0 Å². The van der Waals surface area contributed by atoms with Crippen LogP contribution in [0.4, 0.5) is 0 Å². The lowest BCUT2D eigenvalue weighted by Gasteiger charge is -2.09. The molecule has 80 valence electrons. The van der Waals surface area contributed by atoms with E-state index >= 15 is 0 Å². The Bertz CT molecular complexity index is 491. The van der Waals surface area contributed by atoms with Crippen LogP contribution in [-0.4, -0.2) is 16.7 Å². The van der Waals surface area contributed by atoms with Gasteiger partial charge in [-0.15, -0.1) is 0 Å². The van der Waals surface area contributed by atoms with Crippen LogP contribution >= 0.6 is 11.6 Å². The quantitative estimate of drug-likeness (QED) is 0.783. The summed E-state index contributed by atoms with van der Waals surface area (Å²) >= 11 is 6.07. The van der Waals surface area contributed by atoms with Crippen molar-refractivity contribution in [2.24, 2.45) is 0 Å². The van der Waals surface area contributed by atoms with Crippen molar-refractivity contribution in [1.82, 2.24) is 9.55 Å². The zero-order chi connectivity index (χ0) is 11.0. The molecular weight excluding hydrogens is 212 g/mol. The number of hydrogen-bond donors (Lipinski definition) is 0. The molecule has 3 nitrogen and oxygen atoms in total. The van der Waals surface area contributed by atoms with Crippen LogP contribution in [-0.2, 0) is 0 Å². The van der Waals surface area contributed by atoms with Gasteiger partial charge < -0.3 is 9.30 Å². The fourth-order valence-corrected chi connectivity index (χ4v) is 2.04. The molecule has 0 N–H and O–H groups in total. The van der Waals surface area contributed by atoms with Gasteiger partial charge in [0.05, 0.1) is 18.1 Å². The first kappa shape index (κ1) is 10.3. The van der Waals surface area contributed by atoms with Crippen LogP contribution in [0.2, 0.25) is 5.28 Å². The van der Waals surface area contributed by atoms with Gasteiger partial charge in [0, 0.05) is 12.1 Å². The van der Waals surface area contributed by atoms with Crippen molar-refractivity contribution < 1.29 is 4.74 Å². The van der Waals surface area contributed by atoms with E-state index in [2.05, 4.69) is 18.8 Å². The number of benzene rings is 1. The van der Waals surface area contributed by atoms with Gasteiger partial charge in [0.15, 0.2) is 0 Å². The minimum Gasteiger partial charge on any atom is -0.497 e. The third-order valence-corrected chi connectivity index (χ3v) is 2.64. The van der Waals surface area contributed by atoms with E-state index in [0.717, 1.165) is 16.8 Å². The molecule has 0 unspecified atom stereocenters. The molecular formula is C11H13ClN2O. The molecule has 0 saturated heterocycles. The third kappa shape index (κ3) is 1.67. The Labute approximate surface area is 93.6 Å². The summed E-state index contributed by atoms with van der Waals surface area (Å²) in [4.78, 5) is 4.29. The topological polar surface area (TPSA) is 27.1 Å². The number of ether oxygens (including phenoxy) is 1. The zero-order valence-corrected chi connectivity index (χ0v) is 9.75. The summed E-state index contributed by atoms with van der Waals surface area (Å²) in [6.45, 7) is 4.16. The summed E-state index contributed by atoms with van der Waals surface area (Å²) in [5.74, 6) is 0.799. The van der Waals surface area contributed by atoms with Gasteiger partial charge in [0.1, 0.15) is 5.75 Å². The Balaban J connectivity index is 2.68. The number of aromatic nitrogens is 2. The number of halogens is 1. The molecule has 0 fully saturated rings. The SMILES string of the molecule is COc1ccc2c(c1)nc(Cl)n2C(C)C. The highest BCUT2D eigenvalue weighted by atomic mass is 35.5. The number of methoxy groups -OCH3 is 1. The highest BCUT2D eigenvalue weighted by Crippen LogP contribution is 2.26. The highest BCUT2D eigenvalue weighted by Gasteiger charge is 2.11. The van der Waals surface area contributed by atoms with Crippen molar-refractivity contribution >= 4 is 22.6 Å². The van der Waals surface area contributed by atoms with Crippen molar-refractivity contribution in [2.75, 3.05) is 7.11 Å². The molecule has 0 radical (unpaired) electrons. The second-order valence-electron chi connectivity index (χ2n) is 3.70.